The molecule has 0 radical (unpaired) electrons. The molecule has 0 bridgehead atoms. The number of rotatable bonds is 5. The highest BCUT2D eigenvalue weighted by Gasteiger charge is 2.16. The summed E-state index contributed by atoms with van der Waals surface area (Å²) in [6.07, 6.45) is 0. The van der Waals surface area contributed by atoms with E-state index in [2.05, 4.69) is 43.1 Å². The first-order valence-corrected chi connectivity index (χ1v) is 5.85. The fourth-order valence-corrected chi connectivity index (χ4v) is 1.59. The Morgan fingerprint density at radius 1 is 1.18 bits per heavy atom. The second-order valence-electron chi connectivity index (χ2n) is 3.63. The third-order valence-corrected chi connectivity index (χ3v) is 3.21. The topological polar surface area (TPSA) is 94.6 Å². The molecule has 0 aliphatic carbocycles. The van der Waals surface area contributed by atoms with Gasteiger partial charge in [-0.25, -0.2) is 0 Å². The summed E-state index contributed by atoms with van der Waals surface area (Å²) in [6, 6.07) is 0. The van der Waals surface area contributed by atoms with Gasteiger partial charge < -0.3 is 14.4 Å². The van der Waals surface area contributed by atoms with E-state index in [0.29, 0.717) is 0 Å². The van der Waals surface area contributed by atoms with Crippen LogP contribution in [-0.2, 0) is 0 Å². The number of nitrogens with zero attached hydrogens (tertiary/aromatic N) is 4. The van der Waals surface area contributed by atoms with Crippen molar-refractivity contribution in [2.45, 2.75) is 27.7 Å². The molecule has 1 aromatic rings. The van der Waals surface area contributed by atoms with Crippen molar-refractivity contribution < 1.29 is 14.4 Å². The number of aromatic amines is 1. The quantitative estimate of drug-likeness (QED) is 0.700. The number of quaternary nitrogens is 1. The van der Waals surface area contributed by atoms with Crippen LogP contribution in [0.5, 0.6) is 0 Å². The zero-order chi connectivity index (χ0) is 13.3. The molecule has 1 heterocycles. The number of tetrazole rings is 1. The Hall–Kier alpha value is -1.50. The zero-order valence-corrected chi connectivity index (χ0v) is 10.9. The van der Waals surface area contributed by atoms with Crippen molar-refractivity contribution >= 4 is 5.97 Å². The van der Waals surface area contributed by atoms with Gasteiger partial charge in [0.1, 0.15) is 5.97 Å². The molecular weight excluding hydrogens is 222 g/mol. The summed E-state index contributed by atoms with van der Waals surface area (Å²) in [7, 11) is 0. The van der Waals surface area contributed by atoms with Crippen LogP contribution in [0, 0.1) is 0 Å². The number of aromatic nitrogens is 4. The van der Waals surface area contributed by atoms with E-state index in [-0.39, 0.29) is 0 Å². The van der Waals surface area contributed by atoms with Crippen molar-refractivity contribution in [2.75, 3.05) is 26.2 Å². The van der Waals surface area contributed by atoms with Gasteiger partial charge in [0.25, 0.3) is 0 Å². The smallest absolute Gasteiger partial charge is 0.220 e. The highest BCUT2D eigenvalue weighted by atomic mass is 16.4. The molecule has 17 heavy (non-hydrogen) atoms. The number of aromatic carboxylic acids is 1. The molecule has 0 aliphatic heterocycles. The summed E-state index contributed by atoms with van der Waals surface area (Å²) in [5.41, 5.74) is 0. The third-order valence-electron chi connectivity index (χ3n) is 3.21. The Balaban J connectivity index is 0.000000302. The van der Waals surface area contributed by atoms with Crippen LogP contribution in [0.2, 0.25) is 0 Å². The number of carboxylic acid groups (broad SMARTS) is 1. The second-order valence-corrected chi connectivity index (χ2v) is 3.63. The van der Waals surface area contributed by atoms with Gasteiger partial charge in [0, 0.05) is 0 Å². The number of H-pyrrole nitrogens is 1. The maximum atomic E-state index is 9.77. The van der Waals surface area contributed by atoms with E-state index < -0.39 is 11.8 Å². The monoisotopic (exact) mass is 243 g/mol. The molecule has 0 atom stereocenters. The fourth-order valence-electron chi connectivity index (χ4n) is 1.59. The van der Waals surface area contributed by atoms with Crippen molar-refractivity contribution in [1.82, 2.24) is 20.6 Å². The molecule has 0 aliphatic rings. The predicted octanol–water partition coefficient (Wildman–Crippen LogP) is -0.554. The summed E-state index contributed by atoms with van der Waals surface area (Å²) in [4.78, 5) is 9.77. The number of carbonyl (C=O) groups is 1. The van der Waals surface area contributed by atoms with Crippen molar-refractivity contribution in [2.24, 2.45) is 0 Å². The molecule has 1 rings (SSSR count). The van der Waals surface area contributed by atoms with E-state index in [0.717, 1.165) is 0 Å². The lowest BCUT2D eigenvalue weighted by Crippen LogP contribution is -2.47. The number of carbonyl (C=O) groups excluding carboxylic acids is 1. The molecule has 1 N–H and O–H groups in total. The third kappa shape index (κ3) is 4.90. The van der Waals surface area contributed by atoms with Gasteiger partial charge in [-0.3, -0.25) is 0 Å². The average Bonchev–Trinajstić information content (AvgIpc) is 2.87. The molecule has 7 heteroatoms. The molecule has 0 unspecified atom stereocenters. The zero-order valence-electron chi connectivity index (χ0n) is 10.9. The van der Waals surface area contributed by atoms with Crippen molar-refractivity contribution in [3.05, 3.63) is 5.82 Å². The Labute approximate surface area is 101 Å². The molecule has 0 saturated carbocycles. The van der Waals surface area contributed by atoms with Crippen LogP contribution in [0.3, 0.4) is 0 Å². The van der Waals surface area contributed by atoms with Crippen LogP contribution in [-0.4, -0.2) is 57.3 Å². The van der Waals surface area contributed by atoms with Gasteiger partial charge in [-0.2, -0.15) is 5.21 Å². The molecule has 0 aromatic carbocycles. The van der Waals surface area contributed by atoms with Crippen LogP contribution < -0.4 is 5.11 Å². The summed E-state index contributed by atoms with van der Waals surface area (Å²) in [5.74, 6) is -1.86. The van der Waals surface area contributed by atoms with Crippen molar-refractivity contribution in [3.63, 3.8) is 0 Å². The minimum Gasteiger partial charge on any atom is -0.541 e. The summed E-state index contributed by atoms with van der Waals surface area (Å²) < 4.78 is 1.28. The highest BCUT2D eigenvalue weighted by molar-refractivity contribution is 5.80. The molecule has 1 aromatic heterocycles. The second kappa shape index (κ2) is 7.72. The van der Waals surface area contributed by atoms with E-state index in [1.165, 1.54) is 30.7 Å². The Bertz CT molecular complexity index is 291. The van der Waals surface area contributed by atoms with E-state index in [1.54, 1.807) is 0 Å². The van der Waals surface area contributed by atoms with Crippen molar-refractivity contribution in [1.29, 1.82) is 0 Å². The Morgan fingerprint density at radius 2 is 1.65 bits per heavy atom. The molecule has 0 fully saturated rings. The maximum Gasteiger partial charge on any atom is 0.220 e. The summed E-state index contributed by atoms with van der Waals surface area (Å²) in [6.45, 7) is 14.2. The molecule has 98 valence electrons. The summed E-state index contributed by atoms with van der Waals surface area (Å²) >= 11 is 0. The Kier molecular flexibility index (Phi) is 7.04. The van der Waals surface area contributed by atoms with Crippen molar-refractivity contribution in [3.8, 4) is 0 Å². The van der Waals surface area contributed by atoms with Crippen LogP contribution in [0.15, 0.2) is 0 Å². The van der Waals surface area contributed by atoms with Crippen LogP contribution >= 0.6 is 0 Å². The van der Waals surface area contributed by atoms with E-state index >= 15 is 0 Å². The molecular formula is C10H21N5O2. The normalized spacial score (nSPS) is 10.6. The lowest BCUT2D eigenvalue weighted by molar-refractivity contribution is -0.921. The molecule has 0 saturated heterocycles. The van der Waals surface area contributed by atoms with Gasteiger partial charge in [0.15, 0.2) is 0 Å². The molecule has 7 nitrogen and oxygen atoms in total. The van der Waals surface area contributed by atoms with E-state index in [4.69, 9.17) is 0 Å². The predicted molar refractivity (Wildman–Crippen MR) is 60.9 cm³/mol. The SMILES string of the molecule is CC[N+](CC)(CC)CC.O=C([O-])c1nn[nH]n1. The van der Waals surface area contributed by atoms with Gasteiger partial charge in [0.05, 0.1) is 26.2 Å². The van der Waals surface area contributed by atoms with Crippen LogP contribution in [0.4, 0.5) is 0 Å². The molecule has 0 spiro atoms. The van der Waals surface area contributed by atoms with Gasteiger partial charge in [-0.15, -0.1) is 10.2 Å². The van der Waals surface area contributed by atoms with Gasteiger partial charge in [0.2, 0.25) is 5.82 Å². The van der Waals surface area contributed by atoms with E-state index in [1.807, 2.05) is 5.21 Å². The lowest BCUT2D eigenvalue weighted by Gasteiger charge is -2.34. The van der Waals surface area contributed by atoms with Gasteiger partial charge in [-0.05, 0) is 32.9 Å². The first-order valence-electron chi connectivity index (χ1n) is 5.85. The highest BCUT2D eigenvalue weighted by Crippen LogP contribution is 2.03. The van der Waals surface area contributed by atoms with E-state index in [9.17, 15) is 9.90 Å². The first-order chi connectivity index (χ1) is 8.05. The summed E-state index contributed by atoms with van der Waals surface area (Å²) in [5, 5.41) is 20.9. The molecule has 0 amide bonds. The number of nitrogens with one attached hydrogen (secondary N) is 1. The van der Waals surface area contributed by atoms with Gasteiger partial charge in [-0.1, -0.05) is 0 Å². The minimum absolute atomic E-state index is 0.426. The number of carboxylic acids is 1. The lowest BCUT2D eigenvalue weighted by atomic mass is 10.3. The largest absolute Gasteiger partial charge is 0.541 e. The number of hydrogen-bond donors (Lipinski definition) is 1. The number of hydrogen-bond acceptors (Lipinski definition) is 5. The fraction of sp³-hybridized carbons (Fsp3) is 0.800. The first kappa shape index (κ1) is 15.5. The van der Waals surface area contributed by atoms with Crippen LogP contribution in [0.25, 0.3) is 0 Å². The minimum atomic E-state index is -1.43. The Morgan fingerprint density at radius 3 is 1.76 bits per heavy atom. The van der Waals surface area contributed by atoms with Crippen LogP contribution in [0.1, 0.15) is 38.3 Å². The standard InChI is InChI=1S/C8H20N.C2H2N4O2/c1-5-9(6-2,7-3)8-4;7-2(8)1-3-5-6-4-1/h5-8H2,1-4H3;(H,7,8)(H,3,4,5,6)/q+1;/p-1. The average molecular weight is 243 g/mol. The van der Waals surface area contributed by atoms with Gasteiger partial charge >= 0.3 is 0 Å². The maximum absolute atomic E-state index is 9.77.